The predicted octanol–water partition coefficient (Wildman–Crippen LogP) is 4.25. The van der Waals surface area contributed by atoms with Crippen LogP contribution in [0.15, 0.2) is 59.5 Å². The van der Waals surface area contributed by atoms with Crippen molar-refractivity contribution in [3.05, 3.63) is 105 Å². The van der Waals surface area contributed by atoms with Gasteiger partial charge in [-0.2, -0.15) is 0 Å². The van der Waals surface area contributed by atoms with Crippen LogP contribution in [0.3, 0.4) is 0 Å². The van der Waals surface area contributed by atoms with Gasteiger partial charge in [0.05, 0.1) is 6.54 Å². The van der Waals surface area contributed by atoms with E-state index in [9.17, 15) is 27.9 Å². The van der Waals surface area contributed by atoms with E-state index in [1.165, 1.54) is 22.8 Å². The Balaban J connectivity index is 1.74. The number of carbonyl (C=O) groups is 1. The lowest BCUT2D eigenvalue weighted by atomic mass is 10.0. The maximum atomic E-state index is 14.0. The number of aromatic nitrogens is 2. The quantitative estimate of drug-likeness (QED) is 0.488. The minimum absolute atomic E-state index is 0.0181. The first kappa shape index (κ1) is 21.4. The summed E-state index contributed by atoms with van der Waals surface area (Å²) in [6.45, 7) is 1.48. The SMILES string of the molecule is Cc1c(Cc2ccc(=O)n(Cc3cc(F)cc(F)c3)c2)c2cc(F)ccc2n1CC(=O)O. The van der Waals surface area contributed by atoms with Crippen molar-refractivity contribution in [2.75, 3.05) is 0 Å². The molecule has 0 amide bonds. The van der Waals surface area contributed by atoms with Crippen molar-refractivity contribution in [2.24, 2.45) is 0 Å². The standard InChI is InChI=1S/C24H19F3N2O3/c1-14-20(21-10-17(25)3-4-22(21)29(14)13-24(31)32)8-15-2-5-23(30)28(11-15)12-16-6-18(26)9-19(27)7-16/h2-7,9-11H,8,12-13H2,1H3,(H,31,32). The third kappa shape index (κ3) is 4.30. The van der Waals surface area contributed by atoms with Gasteiger partial charge in [0.25, 0.3) is 5.56 Å². The largest absolute Gasteiger partial charge is 0.480 e. The number of benzene rings is 2. The number of carboxylic acids is 1. The van der Waals surface area contributed by atoms with E-state index in [0.717, 1.165) is 23.8 Å². The molecule has 8 heteroatoms. The fourth-order valence-corrected chi connectivity index (χ4v) is 4.00. The number of halogens is 3. The van der Waals surface area contributed by atoms with Crippen LogP contribution in [-0.2, 0) is 24.3 Å². The normalized spacial score (nSPS) is 11.2. The number of aliphatic carboxylic acids is 1. The summed E-state index contributed by atoms with van der Waals surface area (Å²) < 4.78 is 43.9. The maximum absolute atomic E-state index is 14.0. The smallest absolute Gasteiger partial charge is 0.323 e. The van der Waals surface area contributed by atoms with Gasteiger partial charge in [-0.1, -0.05) is 6.07 Å². The monoisotopic (exact) mass is 440 g/mol. The molecule has 0 saturated carbocycles. The summed E-state index contributed by atoms with van der Waals surface area (Å²) in [6, 6.07) is 10.3. The highest BCUT2D eigenvalue weighted by Crippen LogP contribution is 2.29. The fraction of sp³-hybridized carbons (Fsp3) is 0.167. The highest BCUT2D eigenvalue weighted by molar-refractivity contribution is 5.87. The molecule has 2 heterocycles. The first-order valence-electron chi connectivity index (χ1n) is 9.84. The van der Waals surface area contributed by atoms with Crippen LogP contribution >= 0.6 is 0 Å². The van der Waals surface area contributed by atoms with Crippen molar-refractivity contribution in [2.45, 2.75) is 26.4 Å². The number of fused-ring (bicyclic) bond motifs is 1. The molecule has 2 aromatic carbocycles. The first-order chi connectivity index (χ1) is 15.2. The topological polar surface area (TPSA) is 64.2 Å². The number of carboxylic acid groups (broad SMARTS) is 1. The zero-order valence-corrected chi connectivity index (χ0v) is 17.1. The summed E-state index contributed by atoms with van der Waals surface area (Å²) in [5, 5.41) is 9.86. The van der Waals surface area contributed by atoms with E-state index < -0.39 is 23.4 Å². The lowest BCUT2D eigenvalue weighted by Gasteiger charge is -2.10. The highest BCUT2D eigenvalue weighted by Gasteiger charge is 2.17. The molecule has 0 radical (unpaired) electrons. The van der Waals surface area contributed by atoms with Crippen molar-refractivity contribution in [1.82, 2.24) is 9.13 Å². The van der Waals surface area contributed by atoms with Crippen molar-refractivity contribution < 1.29 is 23.1 Å². The second kappa shape index (κ2) is 8.37. The highest BCUT2D eigenvalue weighted by atomic mass is 19.1. The van der Waals surface area contributed by atoms with E-state index in [2.05, 4.69) is 0 Å². The van der Waals surface area contributed by atoms with Crippen LogP contribution in [0.2, 0.25) is 0 Å². The number of pyridine rings is 1. The second-order valence-electron chi connectivity index (χ2n) is 7.66. The van der Waals surface area contributed by atoms with Gasteiger partial charge in [-0.3, -0.25) is 9.59 Å². The molecule has 0 unspecified atom stereocenters. The number of rotatable bonds is 6. The lowest BCUT2D eigenvalue weighted by molar-refractivity contribution is -0.137. The van der Waals surface area contributed by atoms with Crippen LogP contribution in [0, 0.1) is 24.4 Å². The molecule has 5 nitrogen and oxygen atoms in total. The summed E-state index contributed by atoms with van der Waals surface area (Å²) in [6.07, 6.45) is 1.90. The number of hydrogen-bond donors (Lipinski definition) is 1. The van der Waals surface area contributed by atoms with Gasteiger partial charge >= 0.3 is 5.97 Å². The summed E-state index contributed by atoms with van der Waals surface area (Å²) in [7, 11) is 0. The molecular formula is C24H19F3N2O3. The summed E-state index contributed by atoms with van der Waals surface area (Å²) in [5.74, 6) is -2.91. The lowest BCUT2D eigenvalue weighted by Crippen LogP contribution is -2.20. The number of nitrogens with zero attached hydrogens (tertiary/aromatic N) is 2. The van der Waals surface area contributed by atoms with E-state index in [-0.39, 0.29) is 18.6 Å². The van der Waals surface area contributed by atoms with Gasteiger partial charge in [0.15, 0.2) is 0 Å². The average molecular weight is 440 g/mol. The Kier molecular flexibility index (Phi) is 5.61. The van der Waals surface area contributed by atoms with Crippen molar-refractivity contribution >= 4 is 16.9 Å². The van der Waals surface area contributed by atoms with Crippen LogP contribution in [-0.4, -0.2) is 20.2 Å². The molecule has 0 atom stereocenters. The van der Waals surface area contributed by atoms with E-state index in [1.54, 1.807) is 29.8 Å². The molecule has 164 valence electrons. The third-order valence-electron chi connectivity index (χ3n) is 5.41. The molecule has 0 spiro atoms. The van der Waals surface area contributed by atoms with E-state index in [0.29, 0.717) is 34.1 Å². The third-order valence-corrected chi connectivity index (χ3v) is 5.41. The van der Waals surface area contributed by atoms with Crippen molar-refractivity contribution in [3.63, 3.8) is 0 Å². The molecule has 1 N–H and O–H groups in total. The summed E-state index contributed by atoms with van der Waals surface area (Å²) in [4.78, 5) is 23.6. The molecule has 0 bridgehead atoms. The van der Waals surface area contributed by atoms with E-state index in [1.807, 2.05) is 0 Å². The van der Waals surface area contributed by atoms with E-state index >= 15 is 0 Å². The Hall–Kier alpha value is -3.81. The van der Waals surface area contributed by atoms with Gasteiger partial charge in [-0.05, 0) is 53.9 Å². The Bertz CT molecular complexity index is 1390. The zero-order chi connectivity index (χ0) is 23.0. The Morgan fingerprint density at radius 1 is 0.938 bits per heavy atom. The molecule has 0 fully saturated rings. The van der Waals surface area contributed by atoms with Crippen molar-refractivity contribution in [1.29, 1.82) is 0 Å². The van der Waals surface area contributed by atoms with Gasteiger partial charge in [-0.25, -0.2) is 13.2 Å². The molecule has 0 aliphatic rings. The van der Waals surface area contributed by atoms with Crippen LogP contribution in [0.1, 0.15) is 22.4 Å². The fourth-order valence-electron chi connectivity index (χ4n) is 4.00. The zero-order valence-electron chi connectivity index (χ0n) is 17.1. The predicted molar refractivity (Wildman–Crippen MR) is 113 cm³/mol. The molecule has 0 aliphatic carbocycles. The summed E-state index contributed by atoms with van der Waals surface area (Å²) >= 11 is 0. The minimum atomic E-state index is -1.02. The Morgan fingerprint density at radius 2 is 1.66 bits per heavy atom. The Labute approximate surface area is 181 Å². The van der Waals surface area contributed by atoms with Gasteiger partial charge < -0.3 is 14.2 Å². The van der Waals surface area contributed by atoms with E-state index in [4.69, 9.17) is 0 Å². The molecular weight excluding hydrogens is 421 g/mol. The maximum Gasteiger partial charge on any atom is 0.323 e. The van der Waals surface area contributed by atoms with Gasteiger partial charge in [0, 0.05) is 41.3 Å². The van der Waals surface area contributed by atoms with Crippen LogP contribution in [0.25, 0.3) is 10.9 Å². The molecule has 4 aromatic rings. The number of hydrogen-bond acceptors (Lipinski definition) is 2. The van der Waals surface area contributed by atoms with Crippen LogP contribution < -0.4 is 5.56 Å². The molecule has 0 aliphatic heterocycles. The second-order valence-corrected chi connectivity index (χ2v) is 7.66. The minimum Gasteiger partial charge on any atom is -0.480 e. The Morgan fingerprint density at radius 3 is 2.34 bits per heavy atom. The van der Waals surface area contributed by atoms with Crippen LogP contribution in [0.5, 0.6) is 0 Å². The molecule has 0 saturated heterocycles. The molecule has 32 heavy (non-hydrogen) atoms. The van der Waals surface area contributed by atoms with Gasteiger partial charge in [-0.15, -0.1) is 0 Å². The first-order valence-corrected chi connectivity index (χ1v) is 9.84. The van der Waals surface area contributed by atoms with Gasteiger partial charge in [0.2, 0.25) is 0 Å². The molecule has 2 aromatic heterocycles. The summed E-state index contributed by atoms with van der Waals surface area (Å²) in [5.41, 5.74) is 2.70. The van der Waals surface area contributed by atoms with Crippen LogP contribution in [0.4, 0.5) is 13.2 Å². The average Bonchev–Trinajstić information content (AvgIpc) is 2.94. The van der Waals surface area contributed by atoms with Gasteiger partial charge in [0.1, 0.15) is 24.0 Å². The van der Waals surface area contributed by atoms with Crippen molar-refractivity contribution in [3.8, 4) is 0 Å². The molecule has 4 rings (SSSR count).